The molecule has 0 radical (unpaired) electrons. The van der Waals surface area contributed by atoms with E-state index in [2.05, 4.69) is 25.5 Å². The maximum absolute atomic E-state index is 6.25. The summed E-state index contributed by atoms with van der Waals surface area (Å²) in [5.41, 5.74) is 9.35. The average molecular weight is 344 g/mol. The Kier molecular flexibility index (Phi) is 4.26. The van der Waals surface area contributed by atoms with Crippen LogP contribution in [0.2, 0.25) is 5.02 Å². The summed E-state index contributed by atoms with van der Waals surface area (Å²) in [7, 11) is 1.85. The summed E-state index contributed by atoms with van der Waals surface area (Å²) in [6.45, 7) is 3.92. The number of aryl methyl sites for hydroxylation is 2. The lowest BCUT2D eigenvalue weighted by molar-refractivity contribution is 0.998. The molecule has 3 aromatic rings. The van der Waals surface area contributed by atoms with Crippen LogP contribution in [0.15, 0.2) is 30.5 Å². The summed E-state index contributed by atoms with van der Waals surface area (Å²) in [6.07, 6.45) is 1.56. The van der Waals surface area contributed by atoms with Gasteiger partial charge in [-0.25, -0.2) is 4.98 Å². The van der Waals surface area contributed by atoms with E-state index >= 15 is 0 Å². The SMILES string of the molecule is Cc1cc(N(C)c2nc(Nc3cc(N)ccc3C)ncc2Cl)n[nH]1. The number of nitrogens with one attached hydrogen (secondary N) is 2. The summed E-state index contributed by atoms with van der Waals surface area (Å²) in [6, 6.07) is 7.54. The highest BCUT2D eigenvalue weighted by molar-refractivity contribution is 6.33. The maximum atomic E-state index is 6.25. The molecule has 0 atom stereocenters. The first-order valence-corrected chi connectivity index (χ1v) is 7.73. The molecule has 8 heteroatoms. The predicted molar refractivity (Wildman–Crippen MR) is 97.3 cm³/mol. The van der Waals surface area contributed by atoms with Gasteiger partial charge in [0.2, 0.25) is 5.95 Å². The molecule has 3 rings (SSSR count). The van der Waals surface area contributed by atoms with Crippen LogP contribution >= 0.6 is 11.6 Å². The van der Waals surface area contributed by atoms with Crippen molar-refractivity contribution in [2.45, 2.75) is 13.8 Å². The molecular formula is C16H18ClN7. The second-order valence-corrected chi connectivity index (χ2v) is 5.94. The highest BCUT2D eigenvalue weighted by atomic mass is 35.5. The summed E-state index contributed by atoms with van der Waals surface area (Å²) >= 11 is 6.25. The molecule has 2 heterocycles. The Hall–Kier alpha value is -2.80. The summed E-state index contributed by atoms with van der Waals surface area (Å²) in [5.74, 6) is 1.71. The number of aromatic amines is 1. The van der Waals surface area contributed by atoms with Crippen molar-refractivity contribution in [2.75, 3.05) is 23.0 Å². The van der Waals surface area contributed by atoms with E-state index in [1.165, 1.54) is 0 Å². The number of aromatic nitrogens is 4. The fraction of sp³-hybridized carbons (Fsp3) is 0.188. The summed E-state index contributed by atoms with van der Waals surface area (Å²) in [4.78, 5) is 10.5. The second-order valence-electron chi connectivity index (χ2n) is 5.53. The number of H-pyrrole nitrogens is 1. The van der Waals surface area contributed by atoms with Gasteiger partial charge in [-0.05, 0) is 31.5 Å². The third kappa shape index (κ3) is 3.26. The molecular weight excluding hydrogens is 326 g/mol. The van der Waals surface area contributed by atoms with Gasteiger partial charge < -0.3 is 16.0 Å². The molecule has 0 aliphatic heterocycles. The van der Waals surface area contributed by atoms with Gasteiger partial charge in [0, 0.05) is 30.2 Å². The van der Waals surface area contributed by atoms with Crippen molar-refractivity contribution in [2.24, 2.45) is 0 Å². The maximum Gasteiger partial charge on any atom is 0.229 e. The zero-order valence-electron chi connectivity index (χ0n) is 13.6. The van der Waals surface area contributed by atoms with E-state index in [1.807, 2.05) is 45.2 Å². The van der Waals surface area contributed by atoms with Gasteiger partial charge in [-0.3, -0.25) is 5.10 Å². The normalized spacial score (nSPS) is 10.7. The second kappa shape index (κ2) is 6.37. The molecule has 1 aromatic carbocycles. The van der Waals surface area contributed by atoms with E-state index in [0.717, 1.165) is 22.8 Å². The fourth-order valence-electron chi connectivity index (χ4n) is 2.23. The molecule has 0 saturated carbocycles. The Labute approximate surface area is 144 Å². The fourth-order valence-corrected chi connectivity index (χ4v) is 2.45. The number of anilines is 5. The van der Waals surface area contributed by atoms with Crippen LogP contribution in [-0.4, -0.2) is 27.2 Å². The minimum absolute atomic E-state index is 0.433. The topological polar surface area (TPSA) is 95.8 Å². The van der Waals surface area contributed by atoms with Crippen molar-refractivity contribution < 1.29 is 0 Å². The van der Waals surface area contributed by atoms with Crippen LogP contribution in [0, 0.1) is 13.8 Å². The molecule has 0 unspecified atom stereocenters. The van der Waals surface area contributed by atoms with Crippen LogP contribution in [0.25, 0.3) is 0 Å². The highest BCUT2D eigenvalue weighted by Crippen LogP contribution is 2.29. The van der Waals surface area contributed by atoms with Gasteiger partial charge in [-0.15, -0.1) is 0 Å². The predicted octanol–water partition coefficient (Wildman–Crippen LogP) is 3.56. The quantitative estimate of drug-likeness (QED) is 0.627. The van der Waals surface area contributed by atoms with Gasteiger partial charge in [0.05, 0.1) is 6.20 Å². The third-order valence-corrected chi connectivity index (χ3v) is 3.85. The average Bonchev–Trinajstić information content (AvgIpc) is 2.98. The van der Waals surface area contributed by atoms with E-state index in [-0.39, 0.29) is 0 Å². The number of nitrogens with two attached hydrogens (primary N) is 1. The molecule has 0 aliphatic carbocycles. The first kappa shape index (κ1) is 16.1. The Morgan fingerprint density at radius 2 is 2.04 bits per heavy atom. The van der Waals surface area contributed by atoms with Crippen LogP contribution in [0.4, 0.5) is 29.0 Å². The number of nitrogen functional groups attached to an aromatic ring is 1. The van der Waals surface area contributed by atoms with Crippen LogP contribution in [0.1, 0.15) is 11.3 Å². The minimum atomic E-state index is 0.433. The summed E-state index contributed by atoms with van der Waals surface area (Å²) < 4.78 is 0. The Morgan fingerprint density at radius 1 is 1.25 bits per heavy atom. The molecule has 0 bridgehead atoms. The molecule has 24 heavy (non-hydrogen) atoms. The number of nitrogens with zero attached hydrogens (tertiary/aromatic N) is 4. The van der Waals surface area contributed by atoms with Crippen molar-refractivity contribution in [1.82, 2.24) is 20.2 Å². The van der Waals surface area contributed by atoms with Crippen molar-refractivity contribution >= 4 is 40.6 Å². The van der Waals surface area contributed by atoms with Crippen LogP contribution < -0.4 is 16.0 Å². The number of halogens is 1. The van der Waals surface area contributed by atoms with Crippen molar-refractivity contribution in [3.63, 3.8) is 0 Å². The van der Waals surface area contributed by atoms with Crippen molar-refractivity contribution in [3.05, 3.63) is 46.7 Å². The molecule has 2 aromatic heterocycles. The van der Waals surface area contributed by atoms with Gasteiger partial charge in [-0.1, -0.05) is 17.7 Å². The summed E-state index contributed by atoms with van der Waals surface area (Å²) in [5, 5.41) is 10.7. The van der Waals surface area contributed by atoms with E-state index in [0.29, 0.717) is 22.5 Å². The van der Waals surface area contributed by atoms with Crippen molar-refractivity contribution in [3.8, 4) is 0 Å². The molecule has 0 saturated heterocycles. The molecule has 4 N–H and O–H groups in total. The molecule has 0 fully saturated rings. The molecule has 0 aliphatic rings. The minimum Gasteiger partial charge on any atom is -0.399 e. The Bertz CT molecular complexity index is 875. The number of hydrogen-bond donors (Lipinski definition) is 3. The van der Waals surface area contributed by atoms with Gasteiger partial charge in [-0.2, -0.15) is 10.1 Å². The highest BCUT2D eigenvalue weighted by Gasteiger charge is 2.14. The molecule has 7 nitrogen and oxygen atoms in total. The lowest BCUT2D eigenvalue weighted by atomic mass is 10.2. The van der Waals surface area contributed by atoms with E-state index in [9.17, 15) is 0 Å². The standard InChI is InChI=1S/C16H18ClN7/c1-9-4-5-11(18)7-13(9)20-16-19-8-12(17)15(21-16)24(3)14-6-10(2)22-23-14/h4-8H,18H2,1-3H3,(H,22,23)(H,19,20,21). The zero-order chi connectivity index (χ0) is 17.3. The monoisotopic (exact) mass is 343 g/mol. The molecule has 0 amide bonds. The zero-order valence-corrected chi connectivity index (χ0v) is 14.4. The van der Waals surface area contributed by atoms with Gasteiger partial charge in [0.25, 0.3) is 0 Å². The van der Waals surface area contributed by atoms with Gasteiger partial charge >= 0.3 is 0 Å². The van der Waals surface area contributed by atoms with E-state index in [4.69, 9.17) is 17.3 Å². The Balaban J connectivity index is 1.92. The van der Waals surface area contributed by atoms with Crippen LogP contribution in [0.3, 0.4) is 0 Å². The smallest absolute Gasteiger partial charge is 0.229 e. The van der Waals surface area contributed by atoms with Crippen LogP contribution in [0.5, 0.6) is 0 Å². The van der Waals surface area contributed by atoms with Crippen LogP contribution in [-0.2, 0) is 0 Å². The van der Waals surface area contributed by atoms with Crippen molar-refractivity contribution in [1.29, 1.82) is 0 Å². The van der Waals surface area contributed by atoms with Gasteiger partial charge in [0.15, 0.2) is 11.6 Å². The van der Waals surface area contributed by atoms with E-state index in [1.54, 1.807) is 11.1 Å². The van der Waals surface area contributed by atoms with Gasteiger partial charge in [0.1, 0.15) is 5.02 Å². The lowest BCUT2D eigenvalue weighted by Crippen LogP contribution is -2.13. The van der Waals surface area contributed by atoms with E-state index < -0.39 is 0 Å². The third-order valence-electron chi connectivity index (χ3n) is 3.59. The Morgan fingerprint density at radius 3 is 2.75 bits per heavy atom. The lowest BCUT2D eigenvalue weighted by Gasteiger charge is -2.17. The number of benzene rings is 1. The number of hydrogen-bond acceptors (Lipinski definition) is 6. The molecule has 124 valence electrons. The number of rotatable bonds is 4. The molecule has 0 spiro atoms. The first-order chi connectivity index (χ1) is 11.4. The first-order valence-electron chi connectivity index (χ1n) is 7.35. The largest absolute Gasteiger partial charge is 0.399 e.